The van der Waals surface area contributed by atoms with Crippen LogP contribution in [0.1, 0.15) is 32.1 Å². The van der Waals surface area contributed by atoms with Crippen LogP contribution in [0.4, 0.5) is 0 Å². The zero-order valence-electron chi connectivity index (χ0n) is 11.8. The van der Waals surface area contributed by atoms with Crippen molar-refractivity contribution in [1.29, 1.82) is 0 Å². The molecule has 0 bridgehead atoms. The number of ether oxygens (including phenoxy) is 1. The first-order valence-corrected chi connectivity index (χ1v) is 7.29. The summed E-state index contributed by atoms with van der Waals surface area (Å²) in [5.74, 6) is 0.739. The fourth-order valence-electron chi connectivity index (χ4n) is 3.51. The van der Waals surface area contributed by atoms with Crippen molar-refractivity contribution >= 4 is 0 Å². The quantitative estimate of drug-likeness (QED) is 0.765. The average Bonchev–Trinajstić information content (AvgIpc) is 2.76. The lowest BCUT2D eigenvalue weighted by atomic mass is 9.93. The van der Waals surface area contributed by atoms with Crippen LogP contribution in [0, 0.1) is 5.92 Å². The molecule has 0 aromatic heterocycles. The molecule has 2 N–H and O–H groups in total. The van der Waals surface area contributed by atoms with Crippen LogP contribution in [0.25, 0.3) is 0 Å². The summed E-state index contributed by atoms with van der Waals surface area (Å²) in [6.07, 6.45) is 5.50. The Bertz CT molecular complexity index is 254. The molecule has 0 aromatic rings. The number of hydrogen-bond acceptors (Lipinski definition) is 4. The van der Waals surface area contributed by atoms with E-state index < -0.39 is 5.60 Å². The molecule has 2 atom stereocenters. The van der Waals surface area contributed by atoms with Gasteiger partial charge in [-0.1, -0.05) is 6.42 Å². The highest BCUT2D eigenvalue weighted by Gasteiger charge is 2.33. The second kappa shape index (κ2) is 6.33. The number of hydrogen-bond donors (Lipinski definition) is 2. The molecule has 4 nitrogen and oxygen atoms in total. The van der Waals surface area contributed by atoms with Crippen molar-refractivity contribution in [1.82, 2.24) is 10.2 Å². The van der Waals surface area contributed by atoms with E-state index >= 15 is 0 Å². The summed E-state index contributed by atoms with van der Waals surface area (Å²) < 4.78 is 5.33. The number of likely N-dealkylation sites (N-methyl/N-ethyl adjacent to an activating group) is 1. The molecule has 0 aromatic carbocycles. The van der Waals surface area contributed by atoms with Gasteiger partial charge in [0, 0.05) is 45.2 Å². The van der Waals surface area contributed by atoms with E-state index in [0.717, 1.165) is 31.8 Å². The third-order valence-corrected chi connectivity index (χ3v) is 4.56. The Morgan fingerprint density at radius 3 is 2.72 bits per heavy atom. The summed E-state index contributed by atoms with van der Waals surface area (Å²) in [6.45, 7) is 3.28. The first-order valence-electron chi connectivity index (χ1n) is 7.29. The fourth-order valence-corrected chi connectivity index (χ4v) is 3.51. The predicted molar refractivity (Wildman–Crippen MR) is 72.7 cm³/mol. The van der Waals surface area contributed by atoms with Gasteiger partial charge in [0.1, 0.15) is 0 Å². The molecule has 1 aliphatic carbocycles. The number of rotatable bonds is 5. The smallest absolute Gasteiger partial charge is 0.0817 e. The lowest BCUT2D eigenvalue weighted by Gasteiger charge is -2.36. The van der Waals surface area contributed by atoms with Gasteiger partial charge in [-0.2, -0.15) is 0 Å². The lowest BCUT2D eigenvalue weighted by molar-refractivity contribution is -0.0782. The van der Waals surface area contributed by atoms with Crippen LogP contribution in [-0.2, 0) is 4.74 Å². The second-order valence-electron chi connectivity index (χ2n) is 6.12. The van der Waals surface area contributed by atoms with Crippen LogP contribution in [-0.4, -0.2) is 62.0 Å². The molecule has 0 spiro atoms. The van der Waals surface area contributed by atoms with Gasteiger partial charge in [-0.25, -0.2) is 0 Å². The highest BCUT2D eigenvalue weighted by Crippen LogP contribution is 2.27. The Kier molecular flexibility index (Phi) is 5.01. The van der Waals surface area contributed by atoms with Crippen LogP contribution in [0.15, 0.2) is 0 Å². The molecule has 106 valence electrons. The van der Waals surface area contributed by atoms with E-state index in [1.54, 1.807) is 0 Å². The van der Waals surface area contributed by atoms with Crippen LogP contribution < -0.4 is 5.32 Å². The molecule has 0 amide bonds. The van der Waals surface area contributed by atoms with Crippen molar-refractivity contribution < 1.29 is 9.84 Å². The van der Waals surface area contributed by atoms with E-state index in [4.69, 9.17) is 4.74 Å². The molecule has 1 saturated carbocycles. The molecule has 0 radical (unpaired) electrons. The Labute approximate surface area is 111 Å². The summed E-state index contributed by atoms with van der Waals surface area (Å²) in [5, 5.41) is 13.9. The van der Waals surface area contributed by atoms with Crippen LogP contribution in [0.2, 0.25) is 0 Å². The summed E-state index contributed by atoms with van der Waals surface area (Å²) in [6, 6.07) is 0.664. The largest absolute Gasteiger partial charge is 0.388 e. The van der Waals surface area contributed by atoms with E-state index in [9.17, 15) is 5.11 Å². The highest BCUT2D eigenvalue weighted by atomic mass is 16.5. The van der Waals surface area contributed by atoms with Crippen molar-refractivity contribution in [3.63, 3.8) is 0 Å². The van der Waals surface area contributed by atoms with Gasteiger partial charge in [0.15, 0.2) is 0 Å². The van der Waals surface area contributed by atoms with E-state index in [2.05, 4.69) is 24.3 Å². The van der Waals surface area contributed by atoms with E-state index in [-0.39, 0.29) is 0 Å². The predicted octanol–water partition coefficient (Wildman–Crippen LogP) is 0.848. The van der Waals surface area contributed by atoms with Gasteiger partial charge in [0.05, 0.1) is 5.60 Å². The molecule has 1 saturated heterocycles. The normalized spacial score (nSPS) is 32.0. The summed E-state index contributed by atoms with van der Waals surface area (Å²) in [7, 11) is 4.20. The number of nitrogens with zero attached hydrogens (tertiary/aromatic N) is 1. The van der Waals surface area contributed by atoms with E-state index in [1.807, 2.05) is 0 Å². The maximum Gasteiger partial charge on any atom is 0.0817 e. The summed E-state index contributed by atoms with van der Waals surface area (Å²) in [4.78, 5) is 2.31. The van der Waals surface area contributed by atoms with Crippen LogP contribution in [0.3, 0.4) is 0 Å². The fraction of sp³-hybridized carbons (Fsp3) is 1.00. The SMILES string of the molecule is CNC1CCCC1CN(C)CC1(O)CCOCC1. The van der Waals surface area contributed by atoms with Crippen molar-refractivity contribution in [2.24, 2.45) is 5.92 Å². The zero-order chi connectivity index (χ0) is 13.0. The average molecular weight is 256 g/mol. The Morgan fingerprint density at radius 1 is 1.33 bits per heavy atom. The third kappa shape index (κ3) is 3.67. The summed E-state index contributed by atoms with van der Waals surface area (Å²) in [5.41, 5.74) is -0.527. The second-order valence-corrected chi connectivity index (χ2v) is 6.12. The Balaban J connectivity index is 1.78. The molecule has 2 fully saturated rings. The molecule has 1 heterocycles. The molecule has 18 heavy (non-hydrogen) atoms. The van der Waals surface area contributed by atoms with Gasteiger partial charge in [-0.15, -0.1) is 0 Å². The van der Waals surface area contributed by atoms with Crippen molar-refractivity contribution in [2.45, 2.75) is 43.7 Å². The van der Waals surface area contributed by atoms with Gasteiger partial charge in [0.25, 0.3) is 0 Å². The Hall–Kier alpha value is -0.160. The molecule has 1 aliphatic heterocycles. The van der Waals surface area contributed by atoms with Gasteiger partial charge < -0.3 is 20.1 Å². The molecule has 2 aliphatic rings. The monoisotopic (exact) mass is 256 g/mol. The molecule has 2 rings (SSSR count). The standard InChI is InChI=1S/C14H28N2O2/c1-15-13-5-3-4-12(13)10-16(2)11-14(17)6-8-18-9-7-14/h12-13,15,17H,3-11H2,1-2H3. The van der Waals surface area contributed by atoms with Crippen molar-refractivity contribution in [2.75, 3.05) is 40.4 Å². The first kappa shape index (κ1) is 14.3. The van der Waals surface area contributed by atoms with E-state index in [1.165, 1.54) is 19.3 Å². The summed E-state index contributed by atoms with van der Waals surface area (Å²) >= 11 is 0. The maximum absolute atomic E-state index is 10.5. The van der Waals surface area contributed by atoms with Crippen LogP contribution >= 0.6 is 0 Å². The molecule has 4 heteroatoms. The molecular formula is C14H28N2O2. The van der Waals surface area contributed by atoms with Gasteiger partial charge >= 0.3 is 0 Å². The minimum atomic E-state index is -0.527. The van der Waals surface area contributed by atoms with Gasteiger partial charge in [0.2, 0.25) is 0 Å². The Morgan fingerprint density at radius 2 is 2.06 bits per heavy atom. The topological polar surface area (TPSA) is 44.7 Å². The van der Waals surface area contributed by atoms with Gasteiger partial charge in [-0.05, 0) is 32.9 Å². The van der Waals surface area contributed by atoms with Crippen molar-refractivity contribution in [3.8, 4) is 0 Å². The van der Waals surface area contributed by atoms with Crippen molar-refractivity contribution in [3.05, 3.63) is 0 Å². The maximum atomic E-state index is 10.5. The number of nitrogens with one attached hydrogen (secondary N) is 1. The minimum absolute atomic E-state index is 0.527. The molecular weight excluding hydrogens is 228 g/mol. The van der Waals surface area contributed by atoms with Crippen LogP contribution in [0.5, 0.6) is 0 Å². The highest BCUT2D eigenvalue weighted by molar-refractivity contribution is 4.87. The van der Waals surface area contributed by atoms with E-state index in [0.29, 0.717) is 19.3 Å². The molecule has 2 unspecified atom stereocenters. The lowest BCUT2D eigenvalue weighted by Crippen LogP contribution is -2.47. The van der Waals surface area contributed by atoms with Gasteiger partial charge in [-0.3, -0.25) is 0 Å². The number of aliphatic hydroxyl groups is 1. The first-order chi connectivity index (χ1) is 8.63. The zero-order valence-corrected chi connectivity index (χ0v) is 11.8. The third-order valence-electron chi connectivity index (χ3n) is 4.56. The minimum Gasteiger partial charge on any atom is -0.388 e.